The van der Waals surface area contributed by atoms with Crippen LogP contribution in [0.25, 0.3) is 0 Å². The van der Waals surface area contributed by atoms with Gasteiger partial charge in [-0.3, -0.25) is 0 Å². The van der Waals surface area contributed by atoms with E-state index in [1.807, 2.05) is 0 Å². The molecular formula is C9H13NO5S2. The summed E-state index contributed by atoms with van der Waals surface area (Å²) in [5.74, 6) is -1.14. The van der Waals surface area contributed by atoms with Crippen LogP contribution >= 0.6 is 11.3 Å². The number of nitrogens with one attached hydrogen (secondary N) is 1. The van der Waals surface area contributed by atoms with Crippen LogP contribution in [0.5, 0.6) is 0 Å². The number of hydrogen-bond donors (Lipinski definition) is 2. The maximum absolute atomic E-state index is 11.7. The largest absolute Gasteiger partial charge is 0.477 e. The van der Waals surface area contributed by atoms with E-state index in [9.17, 15) is 13.2 Å². The van der Waals surface area contributed by atoms with Crippen molar-refractivity contribution < 1.29 is 23.1 Å². The minimum absolute atomic E-state index is 0.00911. The molecule has 0 saturated carbocycles. The molecule has 17 heavy (non-hydrogen) atoms. The Hall–Kier alpha value is -0.960. The first-order valence-corrected chi connectivity index (χ1v) is 7.02. The van der Waals surface area contributed by atoms with Gasteiger partial charge in [-0.05, 0) is 19.1 Å². The quantitative estimate of drug-likeness (QED) is 0.802. The molecule has 96 valence electrons. The third kappa shape index (κ3) is 3.77. The summed E-state index contributed by atoms with van der Waals surface area (Å²) in [7, 11) is -2.17. The van der Waals surface area contributed by atoms with Crippen molar-refractivity contribution in [3.63, 3.8) is 0 Å². The van der Waals surface area contributed by atoms with E-state index >= 15 is 0 Å². The summed E-state index contributed by atoms with van der Waals surface area (Å²) in [4.78, 5) is 10.6. The predicted molar refractivity (Wildman–Crippen MR) is 62.9 cm³/mol. The Labute approximate surface area is 103 Å². The minimum Gasteiger partial charge on any atom is -0.477 e. The Morgan fingerprint density at radius 3 is 2.71 bits per heavy atom. The lowest BCUT2D eigenvalue weighted by molar-refractivity contribution is 0.0702. The molecule has 0 amide bonds. The maximum atomic E-state index is 11.7. The Morgan fingerprint density at radius 2 is 2.24 bits per heavy atom. The fourth-order valence-electron chi connectivity index (χ4n) is 0.961. The number of sulfonamides is 1. The zero-order chi connectivity index (χ0) is 13.1. The van der Waals surface area contributed by atoms with E-state index < -0.39 is 16.0 Å². The van der Waals surface area contributed by atoms with Gasteiger partial charge in [0.05, 0.1) is 6.10 Å². The average molecular weight is 279 g/mol. The number of methoxy groups -OCH3 is 1. The SMILES string of the molecule is COC(C)CNS(=O)(=O)c1ccc(C(=O)O)s1. The summed E-state index contributed by atoms with van der Waals surface area (Å²) in [6.07, 6.45) is -0.247. The van der Waals surface area contributed by atoms with E-state index in [1.165, 1.54) is 19.2 Å². The lowest BCUT2D eigenvalue weighted by atomic mass is 10.4. The van der Waals surface area contributed by atoms with Crippen molar-refractivity contribution >= 4 is 27.3 Å². The van der Waals surface area contributed by atoms with Gasteiger partial charge in [0.2, 0.25) is 10.0 Å². The third-order valence-corrected chi connectivity index (χ3v) is 5.01. The van der Waals surface area contributed by atoms with E-state index in [-0.39, 0.29) is 21.7 Å². The first-order valence-electron chi connectivity index (χ1n) is 4.72. The van der Waals surface area contributed by atoms with Crippen LogP contribution in [0.4, 0.5) is 0 Å². The van der Waals surface area contributed by atoms with Gasteiger partial charge in [-0.1, -0.05) is 0 Å². The van der Waals surface area contributed by atoms with Crippen molar-refractivity contribution in [1.29, 1.82) is 0 Å². The second kappa shape index (κ2) is 5.58. The Bertz CT molecular complexity index is 493. The van der Waals surface area contributed by atoms with E-state index in [1.54, 1.807) is 6.92 Å². The molecular weight excluding hydrogens is 266 g/mol. The molecule has 1 atom stereocenters. The van der Waals surface area contributed by atoms with Crippen LogP contribution in [0, 0.1) is 0 Å². The van der Waals surface area contributed by atoms with Crippen molar-refractivity contribution in [1.82, 2.24) is 4.72 Å². The van der Waals surface area contributed by atoms with Gasteiger partial charge in [-0.2, -0.15) is 0 Å². The molecule has 0 fully saturated rings. The fraction of sp³-hybridized carbons (Fsp3) is 0.444. The van der Waals surface area contributed by atoms with Crippen LogP contribution in [0.3, 0.4) is 0 Å². The summed E-state index contributed by atoms with van der Waals surface area (Å²) in [5, 5.41) is 8.70. The molecule has 8 heteroatoms. The lowest BCUT2D eigenvalue weighted by Gasteiger charge is -2.09. The molecule has 0 bridgehead atoms. The average Bonchev–Trinajstić information content (AvgIpc) is 2.76. The first kappa shape index (κ1) is 14.1. The molecule has 0 radical (unpaired) electrons. The van der Waals surface area contributed by atoms with Crippen LogP contribution in [0.2, 0.25) is 0 Å². The molecule has 0 aromatic carbocycles. The van der Waals surface area contributed by atoms with Crippen molar-refractivity contribution in [3.05, 3.63) is 17.0 Å². The van der Waals surface area contributed by atoms with E-state index in [0.29, 0.717) is 11.3 Å². The number of thiophene rings is 1. The number of aromatic carboxylic acids is 1. The summed E-state index contributed by atoms with van der Waals surface area (Å²) < 4.78 is 30.7. The van der Waals surface area contributed by atoms with Gasteiger partial charge in [0.25, 0.3) is 0 Å². The molecule has 1 unspecified atom stereocenters. The van der Waals surface area contributed by atoms with Crippen LogP contribution in [-0.4, -0.2) is 39.3 Å². The molecule has 0 aliphatic heterocycles. The highest BCUT2D eigenvalue weighted by molar-refractivity contribution is 7.91. The summed E-state index contributed by atoms with van der Waals surface area (Å²) >= 11 is 0.716. The van der Waals surface area contributed by atoms with Gasteiger partial charge in [0.15, 0.2) is 0 Å². The normalized spacial score (nSPS) is 13.5. The number of carboxylic acids is 1. The molecule has 0 spiro atoms. The monoisotopic (exact) mass is 279 g/mol. The molecule has 0 aliphatic rings. The molecule has 6 nitrogen and oxygen atoms in total. The number of hydrogen-bond acceptors (Lipinski definition) is 5. The Kier molecular flexibility index (Phi) is 4.63. The molecule has 1 aromatic heterocycles. The van der Waals surface area contributed by atoms with Crippen LogP contribution in [0.15, 0.2) is 16.3 Å². The second-order valence-corrected chi connectivity index (χ2v) is 6.40. The smallest absolute Gasteiger partial charge is 0.345 e. The summed E-state index contributed by atoms with van der Waals surface area (Å²) in [6, 6.07) is 2.54. The van der Waals surface area contributed by atoms with Crippen molar-refractivity contribution in [2.45, 2.75) is 17.2 Å². The van der Waals surface area contributed by atoms with Gasteiger partial charge in [-0.25, -0.2) is 17.9 Å². The van der Waals surface area contributed by atoms with Gasteiger partial charge in [0.1, 0.15) is 9.09 Å². The highest BCUT2D eigenvalue weighted by Crippen LogP contribution is 2.21. The molecule has 2 N–H and O–H groups in total. The van der Waals surface area contributed by atoms with E-state index in [0.717, 1.165) is 0 Å². The Balaban J connectivity index is 2.79. The predicted octanol–water partition coefficient (Wildman–Crippen LogP) is 0.759. The number of carbonyl (C=O) groups is 1. The topological polar surface area (TPSA) is 92.7 Å². The number of carboxylic acid groups (broad SMARTS) is 1. The highest BCUT2D eigenvalue weighted by atomic mass is 32.2. The van der Waals surface area contributed by atoms with Crippen LogP contribution in [-0.2, 0) is 14.8 Å². The summed E-state index contributed by atoms with van der Waals surface area (Å²) in [6.45, 7) is 1.86. The Morgan fingerprint density at radius 1 is 1.59 bits per heavy atom. The number of ether oxygens (including phenoxy) is 1. The molecule has 1 heterocycles. The fourth-order valence-corrected chi connectivity index (χ4v) is 3.27. The molecule has 0 saturated heterocycles. The maximum Gasteiger partial charge on any atom is 0.345 e. The summed E-state index contributed by atoms with van der Waals surface area (Å²) in [5.41, 5.74) is 0. The second-order valence-electron chi connectivity index (χ2n) is 3.32. The van der Waals surface area contributed by atoms with Crippen molar-refractivity contribution in [3.8, 4) is 0 Å². The van der Waals surface area contributed by atoms with Gasteiger partial charge in [-0.15, -0.1) is 11.3 Å². The van der Waals surface area contributed by atoms with Crippen molar-refractivity contribution in [2.24, 2.45) is 0 Å². The molecule has 1 rings (SSSR count). The van der Waals surface area contributed by atoms with Gasteiger partial charge >= 0.3 is 5.97 Å². The van der Waals surface area contributed by atoms with E-state index in [2.05, 4.69) is 4.72 Å². The molecule has 1 aromatic rings. The van der Waals surface area contributed by atoms with Crippen LogP contribution < -0.4 is 4.72 Å². The van der Waals surface area contributed by atoms with Gasteiger partial charge in [0, 0.05) is 13.7 Å². The van der Waals surface area contributed by atoms with Gasteiger partial charge < -0.3 is 9.84 Å². The molecule has 0 aliphatic carbocycles. The lowest BCUT2D eigenvalue weighted by Crippen LogP contribution is -2.31. The minimum atomic E-state index is -3.65. The van der Waals surface area contributed by atoms with Crippen LogP contribution in [0.1, 0.15) is 16.6 Å². The number of rotatable bonds is 6. The highest BCUT2D eigenvalue weighted by Gasteiger charge is 2.19. The zero-order valence-corrected chi connectivity index (χ0v) is 11.0. The zero-order valence-electron chi connectivity index (χ0n) is 9.34. The van der Waals surface area contributed by atoms with Crippen molar-refractivity contribution in [2.75, 3.05) is 13.7 Å². The first-order chi connectivity index (χ1) is 7.86. The third-order valence-electron chi connectivity index (χ3n) is 2.02. The van der Waals surface area contributed by atoms with E-state index in [4.69, 9.17) is 9.84 Å². The standard InChI is InChI=1S/C9H13NO5S2/c1-6(15-2)5-10-17(13,14)8-4-3-7(16-8)9(11)12/h3-4,6,10H,5H2,1-2H3,(H,11,12).